The van der Waals surface area contributed by atoms with Gasteiger partial charge in [0.1, 0.15) is 5.15 Å². The summed E-state index contributed by atoms with van der Waals surface area (Å²) in [5.41, 5.74) is 6.71. The molecule has 0 radical (unpaired) electrons. The van der Waals surface area contributed by atoms with E-state index in [1.165, 1.54) is 0 Å². The van der Waals surface area contributed by atoms with Crippen LogP contribution in [0.15, 0.2) is 12.1 Å². The molecule has 0 fully saturated rings. The Morgan fingerprint density at radius 2 is 2.29 bits per heavy atom. The van der Waals surface area contributed by atoms with E-state index in [2.05, 4.69) is 10.3 Å². The van der Waals surface area contributed by atoms with Crippen molar-refractivity contribution in [2.24, 2.45) is 5.73 Å². The van der Waals surface area contributed by atoms with Gasteiger partial charge in [0.15, 0.2) is 0 Å². The van der Waals surface area contributed by atoms with Gasteiger partial charge in [-0.05, 0) is 26.0 Å². The van der Waals surface area contributed by atoms with E-state index < -0.39 is 6.04 Å². The Balaban J connectivity index is 2.82. The Kier molecular flexibility index (Phi) is 3.43. The molecular formula is C9H12ClN3O. The molecule has 0 bridgehead atoms. The number of rotatable bonds is 2. The fraction of sp³-hybridized carbons (Fsp3) is 0.333. The highest BCUT2D eigenvalue weighted by molar-refractivity contribution is 6.29. The summed E-state index contributed by atoms with van der Waals surface area (Å²) in [4.78, 5) is 15.2. The molecule has 14 heavy (non-hydrogen) atoms. The van der Waals surface area contributed by atoms with Crippen molar-refractivity contribution in [1.29, 1.82) is 0 Å². The third kappa shape index (κ3) is 2.68. The van der Waals surface area contributed by atoms with Gasteiger partial charge >= 0.3 is 0 Å². The van der Waals surface area contributed by atoms with Crippen LogP contribution in [0.1, 0.15) is 12.6 Å². The SMILES string of the molecule is Cc1nc(Cl)ccc1NC(=O)[C@H](C)N. The lowest BCUT2D eigenvalue weighted by molar-refractivity contribution is -0.117. The quantitative estimate of drug-likeness (QED) is 0.729. The molecule has 0 saturated carbocycles. The maximum Gasteiger partial charge on any atom is 0.241 e. The summed E-state index contributed by atoms with van der Waals surface area (Å²) >= 11 is 5.67. The fourth-order valence-electron chi connectivity index (χ4n) is 0.909. The van der Waals surface area contributed by atoms with E-state index in [4.69, 9.17) is 17.3 Å². The third-order valence-electron chi connectivity index (χ3n) is 1.72. The molecule has 1 atom stereocenters. The van der Waals surface area contributed by atoms with Gasteiger partial charge in [0.2, 0.25) is 5.91 Å². The Hall–Kier alpha value is -1.13. The van der Waals surface area contributed by atoms with Gasteiger partial charge in [0.25, 0.3) is 0 Å². The van der Waals surface area contributed by atoms with E-state index >= 15 is 0 Å². The smallest absolute Gasteiger partial charge is 0.241 e. The molecule has 1 aromatic rings. The lowest BCUT2D eigenvalue weighted by atomic mass is 10.3. The number of nitrogens with zero attached hydrogens (tertiary/aromatic N) is 1. The minimum Gasteiger partial charge on any atom is -0.323 e. The van der Waals surface area contributed by atoms with E-state index in [1.54, 1.807) is 26.0 Å². The summed E-state index contributed by atoms with van der Waals surface area (Å²) in [5.74, 6) is -0.239. The van der Waals surface area contributed by atoms with Crippen molar-refractivity contribution in [3.8, 4) is 0 Å². The molecule has 1 heterocycles. The fourth-order valence-corrected chi connectivity index (χ4v) is 1.10. The first-order chi connectivity index (χ1) is 6.50. The number of aromatic nitrogens is 1. The van der Waals surface area contributed by atoms with E-state index in [0.717, 1.165) is 0 Å². The van der Waals surface area contributed by atoms with Crippen LogP contribution in [0.4, 0.5) is 5.69 Å². The van der Waals surface area contributed by atoms with Crippen molar-refractivity contribution >= 4 is 23.2 Å². The van der Waals surface area contributed by atoms with Gasteiger partial charge in [0, 0.05) is 0 Å². The number of aryl methyl sites for hydroxylation is 1. The summed E-state index contributed by atoms with van der Waals surface area (Å²) in [7, 11) is 0. The van der Waals surface area contributed by atoms with Crippen LogP contribution in [-0.4, -0.2) is 16.9 Å². The van der Waals surface area contributed by atoms with Crippen LogP contribution >= 0.6 is 11.6 Å². The highest BCUT2D eigenvalue weighted by atomic mass is 35.5. The Morgan fingerprint density at radius 1 is 1.64 bits per heavy atom. The largest absolute Gasteiger partial charge is 0.323 e. The summed E-state index contributed by atoms with van der Waals surface area (Å²) in [6.45, 7) is 3.39. The Morgan fingerprint density at radius 3 is 2.79 bits per heavy atom. The average molecular weight is 214 g/mol. The van der Waals surface area contributed by atoms with Gasteiger partial charge in [0.05, 0.1) is 17.4 Å². The maximum absolute atomic E-state index is 11.3. The van der Waals surface area contributed by atoms with E-state index in [-0.39, 0.29) is 5.91 Å². The molecule has 0 aliphatic rings. The van der Waals surface area contributed by atoms with Crippen molar-refractivity contribution in [1.82, 2.24) is 4.98 Å². The van der Waals surface area contributed by atoms with Crippen LogP contribution in [0.3, 0.4) is 0 Å². The van der Waals surface area contributed by atoms with Crippen molar-refractivity contribution in [3.63, 3.8) is 0 Å². The molecule has 1 amide bonds. The normalized spacial score (nSPS) is 12.3. The topological polar surface area (TPSA) is 68.0 Å². The number of amides is 1. The molecule has 0 aliphatic carbocycles. The van der Waals surface area contributed by atoms with Crippen molar-refractivity contribution in [3.05, 3.63) is 23.0 Å². The zero-order chi connectivity index (χ0) is 10.7. The van der Waals surface area contributed by atoms with Crippen LogP contribution in [0.5, 0.6) is 0 Å². The second-order valence-electron chi connectivity index (χ2n) is 3.04. The lowest BCUT2D eigenvalue weighted by Crippen LogP contribution is -2.32. The molecule has 0 aliphatic heterocycles. The minimum absolute atomic E-state index is 0.239. The zero-order valence-electron chi connectivity index (χ0n) is 8.04. The van der Waals surface area contributed by atoms with Gasteiger partial charge in [-0.1, -0.05) is 11.6 Å². The van der Waals surface area contributed by atoms with Gasteiger partial charge in [-0.3, -0.25) is 4.79 Å². The highest BCUT2D eigenvalue weighted by Crippen LogP contribution is 2.15. The number of carbonyl (C=O) groups excluding carboxylic acids is 1. The molecule has 1 rings (SSSR count). The van der Waals surface area contributed by atoms with E-state index in [1.807, 2.05) is 0 Å². The molecule has 5 heteroatoms. The van der Waals surface area contributed by atoms with Crippen molar-refractivity contribution in [2.75, 3.05) is 5.32 Å². The number of hydrogen-bond acceptors (Lipinski definition) is 3. The molecule has 0 aromatic carbocycles. The monoisotopic (exact) mass is 213 g/mol. The van der Waals surface area contributed by atoms with Crippen LogP contribution in [0.25, 0.3) is 0 Å². The Bertz CT molecular complexity index is 352. The lowest BCUT2D eigenvalue weighted by Gasteiger charge is -2.09. The van der Waals surface area contributed by atoms with Crippen LogP contribution < -0.4 is 11.1 Å². The number of nitrogens with one attached hydrogen (secondary N) is 1. The van der Waals surface area contributed by atoms with Crippen LogP contribution in [0.2, 0.25) is 5.15 Å². The molecule has 76 valence electrons. The van der Waals surface area contributed by atoms with Gasteiger partial charge in [-0.2, -0.15) is 0 Å². The van der Waals surface area contributed by atoms with E-state index in [0.29, 0.717) is 16.5 Å². The molecule has 3 N–H and O–H groups in total. The highest BCUT2D eigenvalue weighted by Gasteiger charge is 2.09. The molecule has 0 spiro atoms. The molecular weight excluding hydrogens is 202 g/mol. The summed E-state index contributed by atoms with van der Waals surface area (Å²) in [5, 5.41) is 3.06. The van der Waals surface area contributed by atoms with Gasteiger partial charge < -0.3 is 11.1 Å². The second kappa shape index (κ2) is 4.39. The maximum atomic E-state index is 11.3. The summed E-state index contributed by atoms with van der Waals surface area (Å²) < 4.78 is 0. The van der Waals surface area contributed by atoms with Crippen LogP contribution in [0, 0.1) is 6.92 Å². The number of nitrogens with two attached hydrogens (primary N) is 1. The number of carbonyl (C=O) groups is 1. The standard InChI is InChI=1S/C9H12ClN3O/c1-5(11)9(14)13-7-3-4-8(10)12-6(7)2/h3-5H,11H2,1-2H3,(H,13,14)/t5-/m0/s1. The number of pyridine rings is 1. The number of halogens is 1. The first-order valence-corrected chi connectivity index (χ1v) is 4.58. The van der Waals surface area contributed by atoms with Gasteiger partial charge in [-0.25, -0.2) is 4.98 Å². The first kappa shape index (κ1) is 10.9. The van der Waals surface area contributed by atoms with Gasteiger partial charge in [-0.15, -0.1) is 0 Å². The first-order valence-electron chi connectivity index (χ1n) is 4.20. The third-order valence-corrected chi connectivity index (χ3v) is 1.93. The molecule has 0 saturated heterocycles. The number of hydrogen-bond donors (Lipinski definition) is 2. The predicted octanol–water partition coefficient (Wildman–Crippen LogP) is 1.33. The second-order valence-corrected chi connectivity index (χ2v) is 3.43. The van der Waals surface area contributed by atoms with E-state index in [9.17, 15) is 4.79 Å². The molecule has 0 unspecified atom stereocenters. The molecule has 1 aromatic heterocycles. The summed E-state index contributed by atoms with van der Waals surface area (Å²) in [6.07, 6.45) is 0. The summed E-state index contributed by atoms with van der Waals surface area (Å²) in [6, 6.07) is 2.78. The molecule has 4 nitrogen and oxygen atoms in total. The average Bonchev–Trinajstić information content (AvgIpc) is 2.09. The Labute approximate surface area is 87.5 Å². The van der Waals surface area contributed by atoms with Crippen molar-refractivity contribution < 1.29 is 4.79 Å². The van der Waals surface area contributed by atoms with Crippen molar-refractivity contribution in [2.45, 2.75) is 19.9 Å². The minimum atomic E-state index is -0.537. The zero-order valence-corrected chi connectivity index (χ0v) is 8.80. The predicted molar refractivity (Wildman–Crippen MR) is 56.3 cm³/mol. The number of anilines is 1. The van der Waals surface area contributed by atoms with Crippen LogP contribution in [-0.2, 0) is 4.79 Å².